The van der Waals surface area contributed by atoms with Crippen molar-refractivity contribution in [3.05, 3.63) is 29.3 Å². The van der Waals surface area contributed by atoms with Crippen LogP contribution in [0, 0.1) is 11.6 Å². The fraction of sp³-hybridized carbons (Fsp3) is 0.632. The van der Waals surface area contributed by atoms with Gasteiger partial charge in [-0.15, -0.1) is 11.8 Å². The van der Waals surface area contributed by atoms with Crippen molar-refractivity contribution in [1.82, 2.24) is 4.90 Å². The standard InChI is InChI=1S/C19H25F2NO2S/c1-19(2,3)24-18(23)22-10-8-12(9-11-22)14-6-7-15(20)16(21)17(14)25-13-4-5-13/h6-7,12-13H,4-5,8-11H2,1-3H3. The average Bonchev–Trinajstić information content (AvgIpc) is 3.35. The molecule has 0 bridgehead atoms. The maximum absolute atomic E-state index is 14.3. The highest BCUT2D eigenvalue weighted by Crippen LogP contribution is 2.45. The number of benzene rings is 1. The van der Waals surface area contributed by atoms with Gasteiger partial charge in [0, 0.05) is 23.2 Å². The summed E-state index contributed by atoms with van der Waals surface area (Å²) in [4.78, 5) is 14.3. The normalized spacial score (nSPS) is 19.2. The van der Waals surface area contributed by atoms with Crippen LogP contribution in [0.2, 0.25) is 0 Å². The maximum atomic E-state index is 14.3. The molecule has 6 heteroatoms. The summed E-state index contributed by atoms with van der Waals surface area (Å²) in [7, 11) is 0. The first-order chi connectivity index (χ1) is 11.7. The summed E-state index contributed by atoms with van der Waals surface area (Å²) in [5.41, 5.74) is 0.377. The van der Waals surface area contributed by atoms with E-state index in [-0.39, 0.29) is 12.0 Å². The van der Waals surface area contributed by atoms with Gasteiger partial charge >= 0.3 is 6.09 Å². The van der Waals surface area contributed by atoms with Gasteiger partial charge in [0.1, 0.15) is 5.60 Å². The van der Waals surface area contributed by atoms with Gasteiger partial charge in [-0.2, -0.15) is 0 Å². The van der Waals surface area contributed by atoms with Crippen LogP contribution in [0.3, 0.4) is 0 Å². The number of hydrogen-bond acceptors (Lipinski definition) is 3. The number of hydrogen-bond donors (Lipinski definition) is 0. The Morgan fingerprint density at radius 2 is 1.80 bits per heavy atom. The molecule has 25 heavy (non-hydrogen) atoms. The van der Waals surface area contributed by atoms with Crippen LogP contribution in [-0.4, -0.2) is 34.9 Å². The Kier molecular flexibility index (Phi) is 5.28. The lowest BCUT2D eigenvalue weighted by atomic mass is 9.89. The average molecular weight is 369 g/mol. The summed E-state index contributed by atoms with van der Waals surface area (Å²) >= 11 is 1.47. The van der Waals surface area contributed by atoms with E-state index < -0.39 is 17.2 Å². The van der Waals surface area contributed by atoms with Crippen LogP contribution < -0.4 is 0 Å². The van der Waals surface area contributed by atoms with E-state index in [1.807, 2.05) is 20.8 Å². The minimum absolute atomic E-state index is 0.148. The lowest BCUT2D eigenvalue weighted by Gasteiger charge is -2.34. The van der Waals surface area contributed by atoms with E-state index in [4.69, 9.17) is 4.74 Å². The molecule has 1 amide bonds. The molecule has 1 saturated heterocycles. The SMILES string of the molecule is CC(C)(C)OC(=O)N1CCC(c2ccc(F)c(F)c2SC2CC2)CC1. The first-order valence-corrected chi connectivity index (χ1v) is 9.75. The molecule has 0 spiro atoms. The molecular weight excluding hydrogens is 344 g/mol. The summed E-state index contributed by atoms with van der Waals surface area (Å²) in [5.74, 6) is -1.35. The second kappa shape index (κ2) is 7.14. The topological polar surface area (TPSA) is 29.5 Å². The van der Waals surface area contributed by atoms with Gasteiger partial charge in [0.25, 0.3) is 0 Å². The van der Waals surface area contributed by atoms with Crippen LogP contribution in [0.25, 0.3) is 0 Å². The van der Waals surface area contributed by atoms with Gasteiger partial charge in [-0.25, -0.2) is 13.6 Å². The Hall–Kier alpha value is -1.30. The summed E-state index contributed by atoms with van der Waals surface area (Å²) in [6, 6.07) is 2.94. The third kappa shape index (κ3) is 4.66. The van der Waals surface area contributed by atoms with Crippen molar-refractivity contribution in [3.8, 4) is 0 Å². The van der Waals surface area contributed by atoms with E-state index >= 15 is 0 Å². The van der Waals surface area contributed by atoms with Crippen LogP contribution in [0.1, 0.15) is 57.9 Å². The zero-order valence-electron chi connectivity index (χ0n) is 15.0. The summed E-state index contributed by atoms with van der Waals surface area (Å²) in [6.45, 7) is 6.69. The Morgan fingerprint density at radius 1 is 1.16 bits per heavy atom. The second-order valence-electron chi connectivity index (χ2n) is 7.84. The van der Waals surface area contributed by atoms with Crippen molar-refractivity contribution in [1.29, 1.82) is 0 Å². The first-order valence-electron chi connectivity index (χ1n) is 8.87. The molecule has 1 aliphatic heterocycles. The van der Waals surface area contributed by atoms with Gasteiger partial charge in [0.2, 0.25) is 0 Å². The number of piperidine rings is 1. The highest BCUT2D eigenvalue weighted by Gasteiger charge is 2.32. The molecule has 0 N–H and O–H groups in total. The lowest BCUT2D eigenvalue weighted by molar-refractivity contribution is 0.0204. The Balaban J connectivity index is 1.68. The second-order valence-corrected chi connectivity index (χ2v) is 9.15. The van der Waals surface area contributed by atoms with Gasteiger partial charge in [0.05, 0.1) is 0 Å². The molecule has 0 aromatic heterocycles. The zero-order valence-corrected chi connectivity index (χ0v) is 15.8. The van der Waals surface area contributed by atoms with Crippen LogP contribution in [-0.2, 0) is 4.74 Å². The molecular formula is C19H25F2NO2S. The molecule has 138 valence electrons. The van der Waals surface area contributed by atoms with Gasteiger partial charge in [-0.3, -0.25) is 0 Å². The van der Waals surface area contributed by atoms with E-state index in [2.05, 4.69) is 0 Å². The monoisotopic (exact) mass is 369 g/mol. The lowest BCUT2D eigenvalue weighted by Crippen LogP contribution is -2.41. The fourth-order valence-corrected chi connectivity index (χ4v) is 4.32. The molecule has 0 radical (unpaired) electrons. The number of nitrogens with zero attached hydrogens (tertiary/aromatic N) is 1. The maximum Gasteiger partial charge on any atom is 0.410 e. The third-order valence-corrected chi connectivity index (χ3v) is 5.93. The third-order valence-electron chi connectivity index (χ3n) is 4.48. The number of carbonyl (C=O) groups excluding carboxylic acids is 1. The number of rotatable bonds is 3. The van der Waals surface area contributed by atoms with Crippen LogP contribution >= 0.6 is 11.8 Å². The highest BCUT2D eigenvalue weighted by atomic mass is 32.2. The fourth-order valence-electron chi connectivity index (χ4n) is 3.04. The smallest absolute Gasteiger partial charge is 0.410 e. The van der Waals surface area contributed by atoms with Crippen molar-refractivity contribution in [3.63, 3.8) is 0 Å². The first kappa shape index (κ1) is 18.5. The van der Waals surface area contributed by atoms with E-state index in [1.54, 1.807) is 11.0 Å². The van der Waals surface area contributed by atoms with E-state index in [9.17, 15) is 13.6 Å². The highest BCUT2D eigenvalue weighted by molar-refractivity contribution is 8.00. The van der Waals surface area contributed by atoms with Crippen molar-refractivity contribution in [2.45, 2.75) is 68.1 Å². The van der Waals surface area contributed by atoms with Crippen molar-refractivity contribution in [2.24, 2.45) is 0 Å². The number of halogens is 2. The number of ether oxygens (including phenoxy) is 1. The van der Waals surface area contributed by atoms with Gasteiger partial charge < -0.3 is 9.64 Å². The number of likely N-dealkylation sites (tertiary alicyclic amines) is 1. The van der Waals surface area contributed by atoms with Crippen molar-refractivity contribution < 1.29 is 18.3 Å². The molecule has 2 aliphatic rings. The molecule has 2 fully saturated rings. The van der Waals surface area contributed by atoms with Crippen LogP contribution in [0.5, 0.6) is 0 Å². The number of carbonyl (C=O) groups is 1. The van der Waals surface area contributed by atoms with Crippen LogP contribution in [0.15, 0.2) is 17.0 Å². The number of thioether (sulfide) groups is 1. The Bertz CT molecular complexity index is 648. The molecule has 3 nitrogen and oxygen atoms in total. The Morgan fingerprint density at radius 3 is 2.36 bits per heavy atom. The molecule has 1 aliphatic carbocycles. The summed E-state index contributed by atoms with van der Waals surface area (Å²) in [6.07, 6.45) is 3.31. The van der Waals surface area contributed by atoms with Gasteiger partial charge in [0.15, 0.2) is 11.6 Å². The minimum atomic E-state index is -0.780. The van der Waals surface area contributed by atoms with Gasteiger partial charge in [-0.05, 0) is 64.0 Å². The van der Waals surface area contributed by atoms with Crippen LogP contribution in [0.4, 0.5) is 13.6 Å². The summed E-state index contributed by atoms with van der Waals surface area (Å²) in [5, 5.41) is 0.414. The molecule has 1 aromatic rings. The summed E-state index contributed by atoms with van der Waals surface area (Å²) < 4.78 is 33.4. The quantitative estimate of drug-likeness (QED) is 0.721. The number of amides is 1. The molecule has 3 rings (SSSR count). The van der Waals surface area contributed by atoms with E-state index in [0.717, 1.165) is 31.2 Å². The molecule has 1 aromatic carbocycles. The molecule has 0 unspecified atom stereocenters. The largest absolute Gasteiger partial charge is 0.444 e. The molecule has 1 saturated carbocycles. The van der Waals surface area contributed by atoms with Gasteiger partial charge in [-0.1, -0.05) is 6.07 Å². The van der Waals surface area contributed by atoms with E-state index in [1.165, 1.54) is 17.8 Å². The van der Waals surface area contributed by atoms with Crippen molar-refractivity contribution in [2.75, 3.05) is 13.1 Å². The van der Waals surface area contributed by atoms with Crippen molar-refractivity contribution >= 4 is 17.9 Å². The predicted molar refractivity (Wildman–Crippen MR) is 95.0 cm³/mol. The zero-order chi connectivity index (χ0) is 18.2. The predicted octanol–water partition coefficient (Wildman–Crippen LogP) is 5.33. The van der Waals surface area contributed by atoms with E-state index in [0.29, 0.717) is 23.2 Å². The Labute approximate surface area is 152 Å². The minimum Gasteiger partial charge on any atom is -0.444 e. The molecule has 1 heterocycles. The molecule has 0 atom stereocenters.